The minimum Gasteiger partial charge on any atom is -0.497 e. The molecule has 0 spiro atoms. The minimum absolute atomic E-state index is 0.143. The second kappa shape index (κ2) is 7.29. The molecule has 2 fully saturated rings. The molecule has 126 valence electrons. The summed E-state index contributed by atoms with van der Waals surface area (Å²) in [5.41, 5.74) is 7.59. The fourth-order valence-electron chi connectivity index (χ4n) is 3.28. The van der Waals surface area contributed by atoms with Crippen LogP contribution in [0.4, 0.5) is 0 Å². The van der Waals surface area contributed by atoms with Gasteiger partial charge in [0, 0.05) is 32.2 Å². The molecule has 0 aliphatic carbocycles. The van der Waals surface area contributed by atoms with E-state index in [4.69, 9.17) is 4.74 Å². The van der Waals surface area contributed by atoms with Crippen LogP contribution in [0.5, 0.6) is 5.75 Å². The molecule has 2 aliphatic heterocycles. The smallest absolute Gasteiger partial charge is 0.241 e. The zero-order valence-corrected chi connectivity index (χ0v) is 13.9. The second-order valence-corrected chi connectivity index (χ2v) is 6.16. The Hall–Kier alpha value is -1.63. The number of amides is 1. The fraction of sp³-hybridized carbons (Fsp3) is 0.588. The number of carbonyl (C=O) groups excluding carboxylic acids is 1. The predicted octanol–water partition coefficient (Wildman–Crippen LogP) is 0.767. The summed E-state index contributed by atoms with van der Waals surface area (Å²) >= 11 is 0. The third-order valence-electron chi connectivity index (χ3n) is 4.85. The number of methoxy groups -OCH3 is 1. The average molecular weight is 318 g/mol. The zero-order valence-electron chi connectivity index (χ0n) is 13.9. The molecule has 2 saturated heterocycles. The Kier molecular flexibility index (Phi) is 5.15. The summed E-state index contributed by atoms with van der Waals surface area (Å²) in [4.78, 5) is 17.0. The number of rotatable bonds is 4. The molecule has 0 saturated carbocycles. The first-order valence-electron chi connectivity index (χ1n) is 8.37. The number of carbonyl (C=O) groups is 1. The van der Waals surface area contributed by atoms with Gasteiger partial charge in [0.15, 0.2) is 0 Å². The van der Waals surface area contributed by atoms with Gasteiger partial charge in [-0.2, -0.15) is 0 Å². The van der Waals surface area contributed by atoms with Crippen molar-refractivity contribution in [3.05, 3.63) is 29.8 Å². The molecular formula is C17H26N4O2. The third kappa shape index (κ3) is 3.65. The quantitative estimate of drug-likeness (QED) is 0.859. The van der Waals surface area contributed by atoms with Crippen LogP contribution >= 0.6 is 0 Å². The van der Waals surface area contributed by atoms with E-state index in [-0.39, 0.29) is 18.0 Å². The summed E-state index contributed by atoms with van der Waals surface area (Å²) in [6, 6.07) is 8.02. The lowest BCUT2D eigenvalue weighted by atomic mass is 10.0. The highest BCUT2D eigenvalue weighted by Crippen LogP contribution is 2.25. The topological polar surface area (TPSA) is 56.8 Å². The van der Waals surface area contributed by atoms with E-state index in [2.05, 4.69) is 22.7 Å². The van der Waals surface area contributed by atoms with Gasteiger partial charge < -0.3 is 14.5 Å². The van der Waals surface area contributed by atoms with Crippen molar-refractivity contribution in [3.63, 3.8) is 0 Å². The van der Waals surface area contributed by atoms with E-state index in [1.54, 1.807) is 7.11 Å². The Balaban J connectivity index is 1.55. The van der Waals surface area contributed by atoms with E-state index in [9.17, 15) is 4.79 Å². The van der Waals surface area contributed by atoms with Crippen LogP contribution in [0.2, 0.25) is 0 Å². The number of ether oxygens (including phenoxy) is 1. The van der Waals surface area contributed by atoms with Gasteiger partial charge in [-0.3, -0.25) is 4.79 Å². The van der Waals surface area contributed by atoms with Crippen molar-refractivity contribution < 1.29 is 9.53 Å². The molecular weight excluding hydrogens is 292 g/mol. The molecule has 2 aliphatic rings. The zero-order chi connectivity index (χ0) is 16.2. The molecule has 1 aromatic carbocycles. The molecule has 0 bridgehead atoms. The Morgan fingerprint density at radius 1 is 1.17 bits per heavy atom. The van der Waals surface area contributed by atoms with Crippen LogP contribution in [-0.2, 0) is 4.79 Å². The molecule has 2 unspecified atom stereocenters. The van der Waals surface area contributed by atoms with E-state index in [1.165, 1.54) is 5.56 Å². The number of nitrogens with zero attached hydrogens (tertiary/aromatic N) is 2. The van der Waals surface area contributed by atoms with Gasteiger partial charge in [-0.05, 0) is 30.7 Å². The summed E-state index contributed by atoms with van der Waals surface area (Å²) < 4.78 is 5.19. The molecule has 6 nitrogen and oxygen atoms in total. The predicted molar refractivity (Wildman–Crippen MR) is 89.1 cm³/mol. The van der Waals surface area contributed by atoms with Crippen molar-refractivity contribution in [2.45, 2.75) is 25.4 Å². The molecule has 3 rings (SSSR count). The van der Waals surface area contributed by atoms with Gasteiger partial charge in [-0.15, -0.1) is 0 Å². The normalized spacial score (nSPS) is 25.6. The standard InChI is InChI=1S/C17H26N4O2/c1-3-20-8-10-21(11-9-20)17(22)16-12-15(18-19-16)13-4-6-14(23-2)7-5-13/h4-7,15-16,18-19H,3,8-12H2,1-2H3. The lowest BCUT2D eigenvalue weighted by Gasteiger charge is -2.35. The van der Waals surface area contributed by atoms with Crippen molar-refractivity contribution in [2.24, 2.45) is 0 Å². The number of hydrazine groups is 1. The fourth-order valence-corrected chi connectivity index (χ4v) is 3.28. The van der Waals surface area contributed by atoms with Crippen LogP contribution in [0.1, 0.15) is 24.9 Å². The molecule has 2 heterocycles. The monoisotopic (exact) mass is 318 g/mol. The summed E-state index contributed by atoms with van der Waals surface area (Å²) in [6.07, 6.45) is 0.777. The molecule has 2 atom stereocenters. The van der Waals surface area contributed by atoms with E-state index in [1.807, 2.05) is 29.2 Å². The number of likely N-dealkylation sites (N-methyl/N-ethyl adjacent to an activating group) is 1. The highest BCUT2D eigenvalue weighted by Gasteiger charge is 2.33. The molecule has 0 aromatic heterocycles. The van der Waals surface area contributed by atoms with Crippen LogP contribution in [0, 0.1) is 0 Å². The highest BCUT2D eigenvalue weighted by molar-refractivity contribution is 5.82. The van der Waals surface area contributed by atoms with Gasteiger partial charge >= 0.3 is 0 Å². The number of piperazine rings is 1. The van der Waals surface area contributed by atoms with Crippen molar-refractivity contribution in [2.75, 3.05) is 39.8 Å². The largest absolute Gasteiger partial charge is 0.497 e. The van der Waals surface area contributed by atoms with Gasteiger partial charge in [-0.25, -0.2) is 10.9 Å². The Morgan fingerprint density at radius 3 is 2.48 bits per heavy atom. The molecule has 1 aromatic rings. The summed E-state index contributed by atoms with van der Waals surface area (Å²) in [7, 11) is 1.66. The average Bonchev–Trinajstić information content (AvgIpc) is 3.11. The highest BCUT2D eigenvalue weighted by atomic mass is 16.5. The maximum Gasteiger partial charge on any atom is 0.241 e. The van der Waals surface area contributed by atoms with Crippen LogP contribution in [-0.4, -0.2) is 61.6 Å². The third-order valence-corrected chi connectivity index (χ3v) is 4.85. The first kappa shape index (κ1) is 16.2. The molecule has 23 heavy (non-hydrogen) atoms. The Labute approximate surface area is 137 Å². The van der Waals surface area contributed by atoms with Crippen LogP contribution < -0.4 is 15.6 Å². The van der Waals surface area contributed by atoms with Gasteiger partial charge in [-0.1, -0.05) is 19.1 Å². The number of nitrogens with one attached hydrogen (secondary N) is 2. The van der Waals surface area contributed by atoms with Gasteiger partial charge in [0.2, 0.25) is 5.91 Å². The summed E-state index contributed by atoms with van der Waals surface area (Å²) in [6.45, 7) is 6.84. The van der Waals surface area contributed by atoms with Crippen molar-refractivity contribution >= 4 is 5.91 Å². The maximum atomic E-state index is 12.7. The van der Waals surface area contributed by atoms with E-state index in [0.717, 1.165) is 44.9 Å². The minimum atomic E-state index is -0.143. The molecule has 6 heteroatoms. The summed E-state index contributed by atoms with van der Waals surface area (Å²) in [5, 5.41) is 0. The van der Waals surface area contributed by atoms with Crippen molar-refractivity contribution in [3.8, 4) is 5.75 Å². The van der Waals surface area contributed by atoms with Gasteiger partial charge in [0.25, 0.3) is 0 Å². The van der Waals surface area contributed by atoms with E-state index >= 15 is 0 Å². The van der Waals surface area contributed by atoms with Crippen LogP contribution in [0.15, 0.2) is 24.3 Å². The SMILES string of the molecule is CCN1CCN(C(=O)C2CC(c3ccc(OC)cc3)NN2)CC1. The lowest BCUT2D eigenvalue weighted by Crippen LogP contribution is -2.53. The van der Waals surface area contributed by atoms with Crippen LogP contribution in [0.3, 0.4) is 0 Å². The number of hydrogen-bond acceptors (Lipinski definition) is 5. The van der Waals surface area contributed by atoms with Crippen molar-refractivity contribution in [1.82, 2.24) is 20.7 Å². The van der Waals surface area contributed by atoms with Gasteiger partial charge in [0.1, 0.15) is 11.8 Å². The van der Waals surface area contributed by atoms with Gasteiger partial charge in [0.05, 0.1) is 7.11 Å². The molecule has 2 N–H and O–H groups in total. The van der Waals surface area contributed by atoms with E-state index in [0.29, 0.717) is 0 Å². The first-order valence-corrected chi connectivity index (χ1v) is 8.37. The van der Waals surface area contributed by atoms with Crippen molar-refractivity contribution in [1.29, 1.82) is 0 Å². The van der Waals surface area contributed by atoms with Crippen LogP contribution in [0.25, 0.3) is 0 Å². The Bertz CT molecular complexity index is 526. The maximum absolute atomic E-state index is 12.7. The molecule has 1 amide bonds. The first-order chi connectivity index (χ1) is 11.2. The molecule has 0 radical (unpaired) electrons. The lowest BCUT2D eigenvalue weighted by molar-refractivity contribution is -0.134. The van der Waals surface area contributed by atoms with E-state index < -0.39 is 0 Å². The number of benzene rings is 1. The summed E-state index contributed by atoms with van der Waals surface area (Å²) in [5.74, 6) is 1.06. The second-order valence-electron chi connectivity index (χ2n) is 6.16. The Morgan fingerprint density at radius 2 is 1.87 bits per heavy atom. The number of hydrogen-bond donors (Lipinski definition) is 2.